The van der Waals surface area contributed by atoms with Gasteiger partial charge in [-0.1, -0.05) is 351 Å². The molecule has 0 heterocycles. The summed E-state index contributed by atoms with van der Waals surface area (Å²) < 4.78 is 16.9. The lowest BCUT2D eigenvalue weighted by Crippen LogP contribution is -2.30. The van der Waals surface area contributed by atoms with Crippen LogP contribution in [-0.2, 0) is 28.6 Å². The van der Waals surface area contributed by atoms with Crippen LogP contribution in [-0.4, -0.2) is 37.2 Å². The summed E-state index contributed by atoms with van der Waals surface area (Å²) in [6, 6.07) is 0. The van der Waals surface area contributed by atoms with E-state index in [2.05, 4.69) is 93.7 Å². The van der Waals surface area contributed by atoms with Crippen molar-refractivity contribution < 1.29 is 28.6 Å². The first kappa shape index (κ1) is 79.8. The number of allylic oxidation sites excluding steroid dienone is 12. The van der Waals surface area contributed by atoms with Crippen LogP contribution in [0.25, 0.3) is 0 Å². The summed E-state index contributed by atoms with van der Waals surface area (Å²) in [5.74, 6) is -0.939. The molecule has 0 amide bonds. The molecule has 1 atom stereocenters. The van der Waals surface area contributed by atoms with Crippen LogP contribution in [0.2, 0.25) is 0 Å². The van der Waals surface area contributed by atoms with Crippen LogP contribution in [0, 0.1) is 0 Å². The summed E-state index contributed by atoms with van der Waals surface area (Å²) >= 11 is 0. The Morgan fingerprint density at radius 3 is 0.783 bits per heavy atom. The average molecular weight is 1160 g/mol. The zero-order chi connectivity index (χ0) is 59.9. The lowest BCUT2D eigenvalue weighted by Gasteiger charge is -2.18. The Kier molecular flexibility index (Phi) is 68.6. The molecule has 6 heteroatoms. The maximum Gasteiger partial charge on any atom is 0.306 e. The van der Waals surface area contributed by atoms with Gasteiger partial charge < -0.3 is 14.2 Å². The van der Waals surface area contributed by atoms with Crippen molar-refractivity contribution in [1.82, 2.24) is 0 Å². The van der Waals surface area contributed by atoms with E-state index in [-0.39, 0.29) is 37.5 Å². The second kappa shape index (κ2) is 71.3. The minimum Gasteiger partial charge on any atom is -0.462 e. The highest BCUT2D eigenvalue weighted by atomic mass is 16.6. The second-order valence-electron chi connectivity index (χ2n) is 24.5. The molecule has 0 radical (unpaired) electrons. The highest BCUT2D eigenvalue weighted by Gasteiger charge is 2.19. The minimum absolute atomic E-state index is 0.0961. The summed E-state index contributed by atoms with van der Waals surface area (Å²) in [5.41, 5.74) is 0. The molecular weight excluding hydrogens is 1020 g/mol. The normalized spacial score (nSPS) is 12.5. The molecule has 0 aromatic carbocycles. The van der Waals surface area contributed by atoms with E-state index in [1.807, 2.05) is 0 Å². The second-order valence-corrected chi connectivity index (χ2v) is 24.5. The molecule has 0 aromatic rings. The number of carbonyl (C=O) groups excluding carboxylic acids is 3. The Hall–Kier alpha value is -3.15. The largest absolute Gasteiger partial charge is 0.462 e. The van der Waals surface area contributed by atoms with Gasteiger partial charge in [0.1, 0.15) is 13.2 Å². The fourth-order valence-electron chi connectivity index (χ4n) is 10.8. The Bertz CT molecular complexity index is 1520. The van der Waals surface area contributed by atoms with Crippen molar-refractivity contribution in [2.45, 2.75) is 386 Å². The number of ether oxygens (including phenoxy) is 3. The smallest absolute Gasteiger partial charge is 0.306 e. The van der Waals surface area contributed by atoms with Crippen LogP contribution in [0.15, 0.2) is 72.9 Å². The van der Waals surface area contributed by atoms with Gasteiger partial charge in [-0.3, -0.25) is 14.4 Å². The van der Waals surface area contributed by atoms with Crippen LogP contribution in [0.5, 0.6) is 0 Å². The third-order valence-electron chi connectivity index (χ3n) is 16.2. The fourth-order valence-corrected chi connectivity index (χ4v) is 10.8. The highest BCUT2D eigenvalue weighted by molar-refractivity contribution is 5.71. The van der Waals surface area contributed by atoms with E-state index < -0.39 is 6.10 Å². The predicted molar refractivity (Wildman–Crippen MR) is 362 cm³/mol. The van der Waals surface area contributed by atoms with Crippen LogP contribution < -0.4 is 0 Å². The number of hydrogen-bond donors (Lipinski definition) is 0. The number of rotatable bonds is 67. The topological polar surface area (TPSA) is 78.9 Å². The Labute approximate surface area is 516 Å². The molecular formula is C77H138O6. The monoisotopic (exact) mass is 1160 g/mol. The van der Waals surface area contributed by atoms with Gasteiger partial charge in [-0.2, -0.15) is 0 Å². The van der Waals surface area contributed by atoms with Crippen molar-refractivity contribution in [1.29, 1.82) is 0 Å². The summed E-state index contributed by atoms with van der Waals surface area (Å²) in [6.45, 7) is 6.53. The summed E-state index contributed by atoms with van der Waals surface area (Å²) in [6.07, 6.45) is 93.9. The maximum atomic E-state index is 12.9. The fraction of sp³-hybridized carbons (Fsp3) is 0.805. The Morgan fingerprint density at radius 2 is 0.482 bits per heavy atom. The first-order valence-corrected chi connectivity index (χ1v) is 36.4. The third-order valence-corrected chi connectivity index (χ3v) is 16.2. The predicted octanol–water partition coefficient (Wildman–Crippen LogP) is 25.2. The van der Waals surface area contributed by atoms with Crippen molar-refractivity contribution >= 4 is 17.9 Å². The van der Waals surface area contributed by atoms with Gasteiger partial charge in [-0.15, -0.1) is 0 Å². The van der Waals surface area contributed by atoms with E-state index in [4.69, 9.17) is 14.2 Å². The van der Waals surface area contributed by atoms with Crippen molar-refractivity contribution in [3.05, 3.63) is 72.9 Å². The molecule has 0 spiro atoms. The lowest BCUT2D eigenvalue weighted by molar-refractivity contribution is -0.167. The molecule has 0 N–H and O–H groups in total. The Balaban J connectivity index is 4.24. The number of esters is 3. The van der Waals surface area contributed by atoms with Crippen molar-refractivity contribution in [2.75, 3.05) is 13.2 Å². The van der Waals surface area contributed by atoms with E-state index in [0.717, 1.165) is 77.0 Å². The molecule has 0 aromatic heterocycles. The lowest BCUT2D eigenvalue weighted by atomic mass is 10.0. The van der Waals surface area contributed by atoms with E-state index in [0.29, 0.717) is 19.3 Å². The molecule has 6 nitrogen and oxygen atoms in total. The molecule has 0 aliphatic heterocycles. The van der Waals surface area contributed by atoms with Gasteiger partial charge in [0.15, 0.2) is 6.10 Å². The van der Waals surface area contributed by atoms with Gasteiger partial charge in [-0.25, -0.2) is 0 Å². The zero-order valence-corrected chi connectivity index (χ0v) is 55.5. The molecule has 0 aliphatic carbocycles. The molecule has 1 unspecified atom stereocenters. The van der Waals surface area contributed by atoms with Gasteiger partial charge in [0.05, 0.1) is 0 Å². The average Bonchev–Trinajstić information content (AvgIpc) is 3.50. The zero-order valence-electron chi connectivity index (χ0n) is 55.5. The maximum absolute atomic E-state index is 12.9. The van der Waals surface area contributed by atoms with Gasteiger partial charge in [0, 0.05) is 19.3 Å². The summed E-state index contributed by atoms with van der Waals surface area (Å²) in [7, 11) is 0. The molecule has 0 saturated heterocycles. The number of hydrogen-bond acceptors (Lipinski definition) is 6. The summed E-state index contributed by atoms with van der Waals surface area (Å²) in [5, 5.41) is 0. The standard InChI is InChI=1S/C77H138O6/c1-4-7-10-13-16-19-22-25-28-31-32-33-34-35-36-37-38-39-40-41-42-43-44-47-49-52-55-58-61-64-67-70-76(79)82-73-74(83-77(80)71-68-65-62-59-56-53-50-46-30-27-24-21-18-15-12-9-6-3)72-81-75(78)69-66-63-60-57-54-51-48-45-29-26-23-20-17-14-11-8-5-2/h9,12,18,21,26-27,29-30,50,53,59,62,74H,4-8,10-11,13-17,19-20,22-25,28,31-49,51-52,54-58,60-61,63-73H2,1-3H3/b12-9-,21-18-,29-26-,30-27-,53-50-,62-59-. The van der Waals surface area contributed by atoms with Gasteiger partial charge in [0.2, 0.25) is 0 Å². The highest BCUT2D eigenvalue weighted by Crippen LogP contribution is 2.18. The quantitative estimate of drug-likeness (QED) is 0.0261. The van der Waals surface area contributed by atoms with E-state index >= 15 is 0 Å². The minimum atomic E-state index is -0.808. The third kappa shape index (κ3) is 69.5. The molecule has 0 saturated carbocycles. The van der Waals surface area contributed by atoms with Crippen molar-refractivity contribution in [2.24, 2.45) is 0 Å². The first-order chi connectivity index (χ1) is 41.0. The summed E-state index contributed by atoms with van der Waals surface area (Å²) in [4.78, 5) is 38.4. The first-order valence-electron chi connectivity index (χ1n) is 36.4. The van der Waals surface area contributed by atoms with Gasteiger partial charge in [0.25, 0.3) is 0 Å². The van der Waals surface area contributed by atoms with Crippen LogP contribution in [0.3, 0.4) is 0 Å². The van der Waals surface area contributed by atoms with Crippen LogP contribution >= 0.6 is 0 Å². The van der Waals surface area contributed by atoms with E-state index in [1.54, 1.807) is 0 Å². The van der Waals surface area contributed by atoms with Gasteiger partial charge >= 0.3 is 17.9 Å². The molecule has 0 aliphatic rings. The van der Waals surface area contributed by atoms with Crippen LogP contribution in [0.1, 0.15) is 380 Å². The molecule has 0 fully saturated rings. The molecule has 0 bridgehead atoms. The Morgan fingerprint density at radius 1 is 0.253 bits per heavy atom. The SMILES string of the molecule is CC/C=C\C/C=C\C/C=C\C/C=C\C/C=C\CCCC(=O)OC(COC(=O)CCCCCCCCC/C=C\CCCCCCCC)COC(=O)CCCCCCCCCCCCCCCCCCCCCCCCCCCCCCCCC. The number of unbranched alkanes of at least 4 members (excludes halogenated alkanes) is 44. The van der Waals surface area contributed by atoms with Crippen LogP contribution in [0.4, 0.5) is 0 Å². The molecule has 0 rings (SSSR count). The molecule has 482 valence electrons. The van der Waals surface area contributed by atoms with E-state index in [9.17, 15) is 14.4 Å². The number of carbonyl (C=O) groups is 3. The van der Waals surface area contributed by atoms with Crippen molar-refractivity contribution in [3.8, 4) is 0 Å². The van der Waals surface area contributed by atoms with Gasteiger partial charge in [-0.05, 0) is 83.5 Å². The van der Waals surface area contributed by atoms with E-state index in [1.165, 1.54) is 257 Å². The van der Waals surface area contributed by atoms with Crippen molar-refractivity contribution in [3.63, 3.8) is 0 Å². The molecule has 83 heavy (non-hydrogen) atoms.